The first-order chi connectivity index (χ1) is 10.5. The molecular formula is C14H24BrCl2N3O3S. The lowest BCUT2D eigenvalue weighted by Gasteiger charge is -2.27. The molecule has 24 heavy (non-hydrogen) atoms. The number of methoxy groups -OCH3 is 1. The summed E-state index contributed by atoms with van der Waals surface area (Å²) < 4.78 is 33.0. The van der Waals surface area contributed by atoms with Gasteiger partial charge in [0.2, 0.25) is 10.0 Å². The van der Waals surface area contributed by atoms with Crippen LogP contribution >= 0.6 is 40.7 Å². The van der Waals surface area contributed by atoms with Crippen LogP contribution in [-0.2, 0) is 10.0 Å². The molecule has 1 fully saturated rings. The van der Waals surface area contributed by atoms with E-state index in [1.54, 1.807) is 12.1 Å². The molecule has 0 saturated carbocycles. The number of hydrogen-bond acceptors (Lipinski definition) is 5. The van der Waals surface area contributed by atoms with Crippen molar-refractivity contribution >= 4 is 50.8 Å². The van der Waals surface area contributed by atoms with Crippen molar-refractivity contribution in [2.45, 2.75) is 11.3 Å². The third-order valence-corrected chi connectivity index (χ3v) is 5.70. The number of nitrogens with one attached hydrogen (secondary N) is 2. The molecule has 2 N–H and O–H groups in total. The van der Waals surface area contributed by atoms with E-state index in [2.05, 4.69) is 30.9 Å². The highest BCUT2D eigenvalue weighted by Crippen LogP contribution is 2.27. The lowest BCUT2D eigenvalue weighted by Crippen LogP contribution is -2.44. The molecule has 1 saturated heterocycles. The molecule has 1 aliphatic rings. The smallest absolute Gasteiger partial charge is 0.240 e. The van der Waals surface area contributed by atoms with Crippen molar-refractivity contribution in [3.05, 3.63) is 22.7 Å². The molecule has 140 valence electrons. The van der Waals surface area contributed by atoms with Gasteiger partial charge in [0.1, 0.15) is 5.75 Å². The van der Waals surface area contributed by atoms with E-state index >= 15 is 0 Å². The van der Waals surface area contributed by atoms with Crippen molar-refractivity contribution in [3.63, 3.8) is 0 Å². The third kappa shape index (κ3) is 7.03. The quantitative estimate of drug-likeness (QED) is 0.603. The van der Waals surface area contributed by atoms with Crippen LogP contribution < -0.4 is 14.8 Å². The Kier molecular flexibility index (Phi) is 11.5. The van der Waals surface area contributed by atoms with E-state index in [1.165, 1.54) is 13.2 Å². The topological polar surface area (TPSA) is 70.7 Å². The van der Waals surface area contributed by atoms with Gasteiger partial charge in [-0.15, -0.1) is 24.8 Å². The van der Waals surface area contributed by atoms with Gasteiger partial charge in [0.25, 0.3) is 0 Å². The van der Waals surface area contributed by atoms with Gasteiger partial charge < -0.3 is 15.0 Å². The van der Waals surface area contributed by atoms with Crippen molar-refractivity contribution in [1.29, 1.82) is 0 Å². The fourth-order valence-corrected chi connectivity index (χ4v) is 3.83. The van der Waals surface area contributed by atoms with Crippen LogP contribution in [0.1, 0.15) is 6.42 Å². The Bertz CT molecular complexity index is 599. The van der Waals surface area contributed by atoms with Crippen LogP contribution in [0.2, 0.25) is 0 Å². The van der Waals surface area contributed by atoms with Gasteiger partial charge in [0.05, 0.1) is 16.5 Å². The average molecular weight is 465 g/mol. The van der Waals surface area contributed by atoms with Crippen LogP contribution in [0.25, 0.3) is 0 Å². The van der Waals surface area contributed by atoms with Gasteiger partial charge in [-0.3, -0.25) is 0 Å². The Morgan fingerprint density at radius 1 is 1.29 bits per heavy atom. The van der Waals surface area contributed by atoms with E-state index in [0.717, 1.165) is 43.6 Å². The summed E-state index contributed by atoms with van der Waals surface area (Å²) in [4.78, 5) is 2.56. The van der Waals surface area contributed by atoms with Gasteiger partial charge in [-0.2, -0.15) is 0 Å². The van der Waals surface area contributed by atoms with E-state index in [-0.39, 0.29) is 29.7 Å². The van der Waals surface area contributed by atoms with E-state index in [0.29, 0.717) is 12.3 Å². The van der Waals surface area contributed by atoms with Crippen molar-refractivity contribution in [3.8, 4) is 5.75 Å². The minimum absolute atomic E-state index is 0. The predicted octanol–water partition coefficient (Wildman–Crippen LogP) is 1.87. The van der Waals surface area contributed by atoms with Gasteiger partial charge in [0, 0.05) is 38.8 Å². The maximum absolute atomic E-state index is 12.3. The Labute approximate surface area is 164 Å². The largest absolute Gasteiger partial charge is 0.496 e. The molecule has 1 aromatic rings. The zero-order valence-electron chi connectivity index (χ0n) is 13.5. The SMILES string of the molecule is COc1cc(S(=O)(=O)NCCCN2CCNCC2)ccc1Br.Cl.Cl. The lowest BCUT2D eigenvalue weighted by atomic mass is 10.3. The van der Waals surface area contributed by atoms with Crippen molar-refractivity contribution in [2.75, 3.05) is 46.4 Å². The standard InChI is InChI=1S/C14H22BrN3O3S.2ClH/c1-21-14-11-12(3-4-13(14)15)22(19,20)17-5-2-8-18-9-6-16-7-10-18;;/h3-4,11,16-17H,2,5-10H2,1H3;2*1H. The van der Waals surface area contributed by atoms with Crippen LogP contribution in [0, 0.1) is 0 Å². The molecule has 0 spiro atoms. The highest BCUT2D eigenvalue weighted by molar-refractivity contribution is 9.10. The number of piperazine rings is 1. The summed E-state index contributed by atoms with van der Waals surface area (Å²) in [5.74, 6) is 0.503. The molecule has 6 nitrogen and oxygen atoms in total. The Hall–Kier alpha value is -0.0900. The fourth-order valence-electron chi connectivity index (χ4n) is 2.33. The molecule has 2 rings (SSSR count). The van der Waals surface area contributed by atoms with Crippen LogP contribution in [0.4, 0.5) is 0 Å². The Morgan fingerprint density at radius 3 is 2.58 bits per heavy atom. The number of ether oxygens (including phenoxy) is 1. The summed E-state index contributed by atoms with van der Waals surface area (Å²) in [7, 11) is -1.98. The highest BCUT2D eigenvalue weighted by atomic mass is 79.9. The summed E-state index contributed by atoms with van der Waals surface area (Å²) >= 11 is 3.31. The number of halogens is 3. The summed E-state index contributed by atoms with van der Waals surface area (Å²) in [6.07, 6.45) is 0.799. The van der Waals surface area contributed by atoms with Crippen LogP contribution in [0.3, 0.4) is 0 Å². The lowest BCUT2D eigenvalue weighted by molar-refractivity contribution is 0.239. The number of rotatable bonds is 7. The first kappa shape index (κ1) is 23.9. The fraction of sp³-hybridized carbons (Fsp3) is 0.571. The van der Waals surface area contributed by atoms with Gasteiger partial charge in [-0.1, -0.05) is 0 Å². The molecule has 0 amide bonds. The molecule has 1 aromatic carbocycles. The number of hydrogen-bond donors (Lipinski definition) is 2. The molecule has 1 aliphatic heterocycles. The zero-order valence-corrected chi connectivity index (χ0v) is 17.5. The molecule has 0 unspecified atom stereocenters. The monoisotopic (exact) mass is 463 g/mol. The number of sulfonamides is 1. The first-order valence-electron chi connectivity index (χ1n) is 7.29. The molecule has 10 heteroatoms. The molecule has 1 heterocycles. The maximum Gasteiger partial charge on any atom is 0.240 e. The first-order valence-corrected chi connectivity index (χ1v) is 9.57. The number of benzene rings is 1. The summed E-state index contributed by atoms with van der Waals surface area (Å²) in [5.41, 5.74) is 0. The minimum atomic E-state index is -3.49. The second-order valence-corrected chi connectivity index (χ2v) is 7.76. The highest BCUT2D eigenvalue weighted by Gasteiger charge is 2.16. The third-order valence-electron chi connectivity index (χ3n) is 3.59. The van der Waals surface area contributed by atoms with Gasteiger partial charge in [-0.05, 0) is 41.0 Å². The van der Waals surface area contributed by atoms with Crippen LogP contribution in [0.15, 0.2) is 27.6 Å². The van der Waals surface area contributed by atoms with E-state index < -0.39 is 10.0 Å². The Balaban J connectivity index is 0.00000264. The van der Waals surface area contributed by atoms with Gasteiger partial charge in [-0.25, -0.2) is 13.1 Å². The van der Waals surface area contributed by atoms with Gasteiger partial charge >= 0.3 is 0 Å². The van der Waals surface area contributed by atoms with Crippen LogP contribution in [0.5, 0.6) is 5.75 Å². The van der Waals surface area contributed by atoms with Crippen molar-refractivity contribution < 1.29 is 13.2 Å². The van der Waals surface area contributed by atoms with Gasteiger partial charge in [0.15, 0.2) is 0 Å². The Morgan fingerprint density at radius 2 is 1.96 bits per heavy atom. The molecular weight excluding hydrogens is 441 g/mol. The summed E-state index contributed by atoms with van der Waals surface area (Å²) in [6.45, 7) is 5.40. The summed E-state index contributed by atoms with van der Waals surface area (Å²) in [5, 5.41) is 3.30. The normalized spacial score (nSPS) is 15.2. The molecule has 0 radical (unpaired) electrons. The summed E-state index contributed by atoms with van der Waals surface area (Å²) in [6, 6.07) is 4.75. The van der Waals surface area contributed by atoms with Crippen molar-refractivity contribution in [2.24, 2.45) is 0 Å². The molecule has 0 aromatic heterocycles. The van der Waals surface area contributed by atoms with E-state index in [4.69, 9.17) is 4.74 Å². The second-order valence-electron chi connectivity index (χ2n) is 5.14. The van der Waals surface area contributed by atoms with E-state index in [1.807, 2.05) is 0 Å². The minimum Gasteiger partial charge on any atom is -0.496 e. The van der Waals surface area contributed by atoms with Crippen LogP contribution in [-0.4, -0.2) is 59.7 Å². The predicted molar refractivity (Wildman–Crippen MR) is 104 cm³/mol. The maximum atomic E-state index is 12.3. The molecule has 0 aliphatic carbocycles. The average Bonchev–Trinajstić information content (AvgIpc) is 2.53. The van der Waals surface area contributed by atoms with Crippen molar-refractivity contribution in [1.82, 2.24) is 14.9 Å². The zero-order chi connectivity index (χ0) is 16.0. The van der Waals surface area contributed by atoms with E-state index in [9.17, 15) is 8.42 Å². The molecule has 0 bridgehead atoms. The molecule has 0 atom stereocenters. The second kappa shape index (κ2) is 11.5. The number of nitrogens with zero attached hydrogens (tertiary/aromatic N) is 1.